The molecule has 0 saturated heterocycles. The quantitative estimate of drug-likeness (QED) is 0.772. The second-order valence-corrected chi connectivity index (χ2v) is 5.15. The Balaban J connectivity index is 1.69. The fraction of sp³-hybridized carbons (Fsp3) is 0.462. The second-order valence-electron chi connectivity index (χ2n) is 5.15. The lowest BCUT2D eigenvalue weighted by atomic mass is 10.0. The van der Waals surface area contributed by atoms with Crippen LogP contribution in [0.15, 0.2) is 18.2 Å². The Morgan fingerprint density at radius 2 is 2.00 bits per heavy atom. The summed E-state index contributed by atoms with van der Waals surface area (Å²) >= 11 is 0. The zero-order chi connectivity index (χ0) is 12.0. The SMILES string of the molecule is Nc1ccc(F)cc1NC(=O)C1CC2CC2C1. The van der Waals surface area contributed by atoms with Crippen LogP contribution >= 0.6 is 0 Å². The highest BCUT2D eigenvalue weighted by molar-refractivity contribution is 5.95. The number of halogens is 1. The lowest BCUT2D eigenvalue weighted by Gasteiger charge is -2.13. The molecule has 0 radical (unpaired) electrons. The number of carbonyl (C=O) groups is 1. The van der Waals surface area contributed by atoms with E-state index in [1.54, 1.807) is 0 Å². The van der Waals surface area contributed by atoms with Crippen LogP contribution in [0.5, 0.6) is 0 Å². The maximum atomic E-state index is 13.0. The lowest BCUT2D eigenvalue weighted by Crippen LogP contribution is -2.22. The van der Waals surface area contributed by atoms with Crippen molar-refractivity contribution in [3.8, 4) is 0 Å². The highest BCUT2D eigenvalue weighted by atomic mass is 19.1. The third kappa shape index (κ3) is 1.99. The minimum Gasteiger partial charge on any atom is -0.397 e. The van der Waals surface area contributed by atoms with Crippen LogP contribution < -0.4 is 11.1 Å². The molecule has 1 amide bonds. The number of nitrogens with one attached hydrogen (secondary N) is 1. The molecule has 0 aromatic heterocycles. The number of nitrogen functional groups attached to an aromatic ring is 1. The smallest absolute Gasteiger partial charge is 0.227 e. The molecule has 17 heavy (non-hydrogen) atoms. The first-order valence-electron chi connectivity index (χ1n) is 5.99. The van der Waals surface area contributed by atoms with Crippen molar-refractivity contribution < 1.29 is 9.18 Å². The molecule has 0 bridgehead atoms. The van der Waals surface area contributed by atoms with Gasteiger partial charge in [-0.15, -0.1) is 0 Å². The van der Waals surface area contributed by atoms with E-state index >= 15 is 0 Å². The van der Waals surface area contributed by atoms with Gasteiger partial charge in [-0.25, -0.2) is 4.39 Å². The third-order valence-electron chi connectivity index (χ3n) is 3.89. The molecule has 0 aliphatic heterocycles. The number of carbonyl (C=O) groups excluding carboxylic acids is 1. The summed E-state index contributed by atoms with van der Waals surface area (Å²) in [7, 11) is 0. The molecule has 2 atom stereocenters. The Morgan fingerprint density at radius 1 is 1.29 bits per heavy atom. The number of hydrogen-bond acceptors (Lipinski definition) is 2. The van der Waals surface area contributed by atoms with Crippen molar-refractivity contribution >= 4 is 17.3 Å². The van der Waals surface area contributed by atoms with Gasteiger partial charge in [0.05, 0.1) is 11.4 Å². The van der Waals surface area contributed by atoms with E-state index in [-0.39, 0.29) is 17.6 Å². The summed E-state index contributed by atoms with van der Waals surface area (Å²) in [6.45, 7) is 0. The van der Waals surface area contributed by atoms with E-state index in [9.17, 15) is 9.18 Å². The summed E-state index contributed by atoms with van der Waals surface area (Å²) in [6.07, 6.45) is 3.24. The molecule has 2 aliphatic rings. The average Bonchev–Trinajstić information content (AvgIpc) is 2.91. The molecule has 3 N–H and O–H groups in total. The van der Waals surface area contributed by atoms with E-state index in [0.29, 0.717) is 11.4 Å². The summed E-state index contributed by atoms with van der Waals surface area (Å²) in [4.78, 5) is 12.0. The fourth-order valence-electron chi connectivity index (χ4n) is 2.80. The number of hydrogen-bond donors (Lipinski definition) is 2. The minimum absolute atomic E-state index is 0.0190. The average molecular weight is 234 g/mol. The van der Waals surface area contributed by atoms with Crippen molar-refractivity contribution in [3.63, 3.8) is 0 Å². The van der Waals surface area contributed by atoms with E-state index in [1.165, 1.54) is 24.6 Å². The molecule has 2 saturated carbocycles. The number of nitrogens with two attached hydrogens (primary N) is 1. The van der Waals surface area contributed by atoms with E-state index in [2.05, 4.69) is 5.32 Å². The van der Waals surface area contributed by atoms with Crippen LogP contribution in [0, 0.1) is 23.6 Å². The zero-order valence-electron chi connectivity index (χ0n) is 9.45. The summed E-state index contributed by atoms with van der Waals surface area (Å²) in [5, 5.41) is 2.73. The van der Waals surface area contributed by atoms with Crippen LogP contribution in [-0.4, -0.2) is 5.91 Å². The monoisotopic (exact) mass is 234 g/mol. The summed E-state index contributed by atoms with van der Waals surface area (Å²) in [5.74, 6) is 1.20. The predicted molar refractivity (Wildman–Crippen MR) is 63.8 cm³/mol. The Kier molecular flexibility index (Phi) is 2.31. The maximum absolute atomic E-state index is 13.0. The number of rotatable bonds is 2. The number of anilines is 2. The topological polar surface area (TPSA) is 55.1 Å². The number of amides is 1. The van der Waals surface area contributed by atoms with E-state index < -0.39 is 0 Å². The van der Waals surface area contributed by atoms with Crippen molar-refractivity contribution in [2.24, 2.45) is 17.8 Å². The molecule has 0 spiro atoms. The standard InChI is InChI=1S/C13H15FN2O/c14-10-1-2-11(15)12(6-10)16-13(17)9-4-7-3-8(7)5-9/h1-2,6-9H,3-5,15H2,(H,16,17). The van der Waals surface area contributed by atoms with E-state index in [0.717, 1.165) is 24.7 Å². The molecule has 0 heterocycles. The third-order valence-corrected chi connectivity index (χ3v) is 3.89. The fourth-order valence-corrected chi connectivity index (χ4v) is 2.80. The van der Waals surface area contributed by atoms with Gasteiger partial charge in [-0.1, -0.05) is 0 Å². The molecule has 2 unspecified atom stereocenters. The Hall–Kier alpha value is -1.58. The molecule has 1 aromatic carbocycles. The van der Waals surface area contributed by atoms with Gasteiger partial charge >= 0.3 is 0 Å². The molecular formula is C13H15FN2O. The van der Waals surface area contributed by atoms with Gasteiger partial charge in [0, 0.05) is 5.92 Å². The van der Waals surface area contributed by atoms with Crippen molar-refractivity contribution in [1.29, 1.82) is 0 Å². The molecule has 90 valence electrons. The van der Waals surface area contributed by atoms with Gasteiger partial charge in [0.1, 0.15) is 5.82 Å². The Bertz CT molecular complexity index is 464. The molecule has 3 rings (SSSR count). The van der Waals surface area contributed by atoms with Crippen molar-refractivity contribution in [1.82, 2.24) is 0 Å². The van der Waals surface area contributed by atoms with Gasteiger partial charge in [-0.3, -0.25) is 4.79 Å². The molecule has 3 nitrogen and oxygen atoms in total. The molecule has 2 aliphatic carbocycles. The molecule has 2 fully saturated rings. The van der Waals surface area contributed by atoms with Gasteiger partial charge < -0.3 is 11.1 Å². The second kappa shape index (κ2) is 3.72. The molecule has 4 heteroatoms. The summed E-state index contributed by atoms with van der Waals surface area (Å²) in [5.41, 5.74) is 6.48. The minimum atomic E-state index is -0.385. The lowest BCUT2D eigenvalue weighted by molar-refractivity contribution is -0.119. The van der Waals surface area contributed by atoms with Crippen molar-refractivity contribution in [3.05, 3.63) is 24.0 Å². The van der Waals surface area contributed by atoms with Crippen molar-refractivity contribution in [2.45, 2.75) is 19.3 Å². The molecular weight excluding hydrogens is 219 g/mol. The van der Waals surface area contributed by atoms with Crippen LogP contribution in [0.25, 0.3) is 0 Å². The van der Waals surface area contributed by atoms with Gasteiger partial charge in [0.2, 0.25) is 5.91 Å². The van der Waals surface area contributed by atoms with Crippen LogP contribution in [0.1, 0.15) is 19.3 Å². The molecule has 1 aromatic rings. The van der Waals surface area contributed by atoms with E-state index in [4.69, 9.17) is 5.73 Å². The zero-order valence-corrected chi connectivity index (χ0v) is 9.45. The van der Waals surface area contributed by atoms with E-state index in [1.807, 2.05) is 0 Å². The van der Waals surface area contributed by atoms with Crippen LogP contribution in [-0.2, 0) is 4.79 Å². The van der Waals surface area contributed by atoms with Crippen LogP contribution in [0.4, 0.5) is 15.8 Å². The number of fused-ring (bicyclic) bond motifs is 1. The Labute approximate surface area is 99.2 Å². The summed E-state index contributed by atoms with van der Waals surface area (Å²) in [6, 6.07) is 4.02. The van der Waals surface area contributed by atoms with Gasteiger partial charge in [0.25, 0.3) is 0 Å². The van der Waals surface area contributed by atoms with Gasteiger partial charge in [-0.05, 0) is 49.3 Å². The normalized spacial score (nSPS) is 29.8. The van der Waals surface area contributed by atoms with Crippen LogP contribution in [0.2, 0.25) is 0 Å². The first-order valence-corrected chi connectivity index (χ1v) is 5.99. The first kappa shape index (κ1) is 10.6. The highest BCUT2D eigenvalue weighted by Gasteiger charge is 2.48. The largest absolute Gasteiger partial charge is 0.397 e. The van der Waals surface area contributed by atoms with Gasteiger partial charge in [-0.2, -0.15) is 0 Å². The highest BCUT2D eigenvalue weighted by Crippen LogP contribution is 2.54. The van der Waals surface area contributed by atoms with Crippen molar-refractivity contribution in [2.75, 3.05) is 11.1 Å². The summed E-state index contributed by atoms with van der Waals surface area (Å²) < 4.78 is 13.0. The Morgan fingerprint density at radius 3 is 2.71 bits per heavy atom. The first-order chi connectivity index (χ1) is 8.13. The number of benzene rings is 1. The predicted octanol–water partition coefficient (Wildman–Crippen LogP) is 2.39. The van der Waals surface area contributed by atoms with Gasteiger partial charge in [0.15, 0.2) is 0 Å². The van der Waals surface area contributed by atoms with Crippen LogP contribution in [0.3, 0.4) is 0 Å². The maximum Gasteiger partial charge on any atom is 0.227 e.